The van der Waals surface area contributed by atoms with Crippen LogP contribution < -0.4 is 5.32 Å². The van der Waals surface area contributed by atoms with E-state index in [4.69, 9.17) is 4.74 Å². The van der Waals surface area contributed by atoms with Crippen LogP contribution in [-0.2, 0) is 19.1 Å². The van der Waals surface area contributed by atoms with Gasteiger partial charge in [-0.3, -0.25) is 4.79 Å². The van der Waals surface area contributed by atoms with Crippen LogP contribution in [0, 0.1) is 5.92 Å². The first-order valence-electron chi connectivity index (χ1n) is 5.01. The number of nitrogens with one attached hydrogen (secondary N) is 1. The Labute approximate surface area is 90.1 Å². The minimum Gasteiger partial charge on any atom is -0.462 e. The van der Waals surface area contributed by atoms with E-state index in [0.29, 0.717) is 25.7 Å². The highest BCUT2D eigenvalue weighted by Gasteiger charge is 2.11. The first kappa shape index (κ1) is 13.9. The number of amides is 1. The van der Waals surface area contributed by atoms with Crippen LogP contribution in [0.4, 0.5) is 0 Å². The van der Waals surface area contributed by atoms with Gasteiger partial charge in [0.1, 0.15) is 0 Å². The van der Waals surface area contributed by atoms with Gasteiger partial charge in [-0.15, -0.1) is 0 Å². The predicted molar refractivity (Wildman–Crippen MR) is 55.3 cm³/mol. The van der Waals surface area contributed by atoms with Crippen LogP contribution in [0.15, 0.2) is 0 Å². The third kappa shape index (κ3) is 7.93. The molecule has 0 heterocycles. The minimum absolute atomic E-state index is 0.325. The molecular weight excluding hydrogens is 198 g/mol. The lowest BCUT2D eigenvalue weighted by Crippen LogP contribution is -2.34. The van der Waals surface area contributed by atoms with Gasteiger partial charge in [-0.05, 0) is 12.3 Å². The molecular formula is C10H19NO4. The van der Waals surface area contributed by atoms with E-state index in [-0.39, 0.29) is 0 Å². The van der Waals surface area contributed by atoms with Crippen molar-refractivity contribution >= 4 is 11.9 Å². The Morgan fingerprint density at radius 1 is 1.27 bits per heavy atom. The molecule has 88 valence electrons. The monoisotopic (exact) mass is 217 g/mol. The summed E-state index contributed by atoms with van der Waals surface area (Å²) in [5, 5.41) is 2.38. The van der Waals surface area contributed by atoms with E-state index >= 15 is 0 Å². The number of hydrogen-bond donors (Lipinski definition) is 1. The van der Waals surface area contributed by atoms with E-state index in [1.54, 1.807) is 0 Å². The molecule has 0 aromatic heterocycles. The van der Waals surface area contributed by atoms with Gasteiger partial charge in [0, 0.05) is 13.2 Å². The number of esters is 1. The Kier molecular flexibility index (Phi) is 7.62. The molecule has 0 radical (unpaired) electrons. The second kappa shape index (κ2) is 8.23. The maximum Gasteiger partial charge on any atom is 0.396 e. The Bertz CT molecular complexity index is 204. The summed E-state index contributed by atoms with van der Waals surface area (Å²) in [7, 11) is 1.17. The van der Waals surface area contributed by atoms with Crippen LogP contribution in [-0.4, -0.2) is 38.7 Å². The van der Waals surface area contributed by atoms with Gasteiger partial charge >= 0.3 is 11.9 Å². The highest BCUT2D eigenvalue weighted by Crippen LogP contribution is 1.98. The average molecular weight is 217 g/mol. The topological polar surface area (TPSA) is 64.6 Å². The fourth-order valence-corrected chi connectivity index (χ4v) is 0.823. The zero-order chi connectivity index (χ0) is 11.7. The minimum atomic E-state index is -0.878. The summed E-state index contributed by atoms with van der Waals surface area (Å²) in [6.45, 7) is 5.64. The fourth-order valence-electron chi connectivity index (χ4n) is 0.823. The van der Waals surface area contributed by atoms with Crippen LogP contribution in [0.5, 0.6) is 0 Å². The van der Waals surface area contributed by atoms with Crippen molar-refractivity contribution < 1.29 is 19.1 Å². The molecule has 5 heteroatoms. The third-order valence-electron chi connectivity index (χ3n) is 1.74. The van der Waals surface area contributed by atoms with Gasteiger partial charge in [0.05, 0.1) is 13.7 Å². The second-order valence-electron chi connectivity index (χ2n) is 3.54. The van der Waals surface area contributed by atoms with E-state index in [0.717, 1.165) is 6.42 Å². The average Bonchev–Trinajstić information content (AvgIpc) is 2.21. The van der Waals surface area contributed by atoms with E-state index in [1.165, 1.54) is 7.11 Å². The van der Waals surface area contributed by atoms with Gasteiger partial charge in [0.2, 0.25) is 0 Å². The number of ether oxygens (including phenoxy) is 2. The molecule has 5 nitrogen and oxygen atoms in total. The van der Waals surface area contributed by atoms with Gasteiger partial charge in [-0.1, -0.05) is 13.8 Å². The summed E-state index contributed by atoms with van der Waals surface area (Å²) in [5.74, 6) is -1.00. The van der Waals surface area contributed by atoms with E-state index in [2.05, 4.69) is 23.9 Å². The molecule has 0 fully saturated rings. The van der Waals surface area contributed by atoms with Crippen LogP contribution in [0.1, 0.15) is 20.3 Å². The smallest absolute Gasteiger partial charge is 0.396 e. The number of carbonyl (C=O) groups excluding carboxylic acids is 2. The van der Waals surface area contributed by atoms with E-state index in [9.17, 15) is 9.59 Å². The summed E-state index contributed by atoms with van der Waals surface area (Å²) in [5.41, 5.74) is 0. The molecule has 0 atom stereocenters. The molecule has 0 bridgehead atoms. The standard InChI is InChI=1S/C10H19NO4/c1-8(2)4-6-15-7-5-11-9(12)10(13)14-3/h8H,4-7H2,1-3H3,(H,11,12). The summed E-state index contributed by atoms with van der Waals surface area (Å²) in [4.78, 5) is 21.5. The molecule has 0 aromatic carbocycles. The van der Waals surface area contributed by atoms with Crippen molar-refractivity contribution in [3.63, 3.8) is 0 Å². The summed E-state index contributed by atoms with van der Waals surface area (Å²) >= 11 is 0. The van der Waals surface area contributed by atoms with Crippen molar-refractivity contribution in [1.82, 2.24) is 5.32 Å². The van der Waals surface area contributed by atoms with Gasteiger partial charge < -0.3 is 14.8 Å². The number of rotatable bonds is 6. The van der Waals surface area contributed by atoms with Crippen molar-refractivity contribution in [2.24, 2.45) is 5.92 Å². The molecule has 15 heavy (non-hydrogen) atoms. The molecule has 0 spiro atoms. The molecule has 0 aliphatic heterocycles. The predicted octanol–water partition coefficient (Wildman–Crippen LogP) is 0.338. The van der Waals surface area contributed by atoms with Crippen LogP contribution >= 0.6 is 0 Å². The zero-order valence-electron chi connectivity index (χ0n) is 9.54. The lowest BCUT2D eigenvalue weighted by atomic mass is 10.1. The van der Waals surface area contributed by atoms with E-state index in [1.807, 2.05) is 0 Å². The van der Waals surface area contributed by atoms with Crippen LogP contribution in [0.2, 0.25) is 0 Å². The first-order chi connectivity index (χ1) is 7.07. The first-order valence-corrected chi connectivity index (χ1v) is 5.01. The van der Waals surface area contributed by atoms with Gasteiger partial charge in [-0.25, -0.2) is 4.79 Å². The van der Waals surface area contributed by atoms with Gasteiger partial charge in [0.25, 0.3) is 0 Å². The highest BCUT2D eigenvalue weighted by molar-refractivity contribution is 6.32. The highest BCUT2D eigenvalue weighted by atomic mass is 16.5. The molecule has 0 unspecified atom stereocenters. The summed E-state index contributed by atoms with van der Waals surface area (Å²) in [6.07, 6.45) is 0.991. The summed E-state index contributed by atoms with van der Waals surface area (Å²) in [6, 6.07) is 0. The van der Waals surface area contributed by atoms with Crippen molar-refractivity contribution in [3.05, 3.63) is 0 Å². The van der Waals surface area contributed by atoms with Crippen molar-refractivity contribution in [2.45, 2.75) is 20.3 Å². The largest absolute Gasteiger partial charge is 0.462 e. The van der Waals surface area contributed by atoms with Gasteiger partial charge in [0.15, 0.2) is 0 Å². The quantitative estimate of drug-likeness (QED) is 0.396. The number of methoxy groups -OCH3 is 1. The van der Waals surface area contributed by atoms with Crippen molar-refractivity contribution in [1.29, 1.82) is 0 Å². The Morgan fingerprint density at radius 3 is 2.47 bits per heavy atom. The number of carbonyl (C=O) groups is 2. The van der Waals surface area contributed by atoms with Crippen molar-refractivity contribution in [3.8, 4) is 0 Å². The maximum absolute atomic E-state index is 10.9. The Hall–Kier alpha value is -1.10. The maximum atomic E-state index is 10.9. The SMILES string of the molecule is COC(=O)C(=O)NCCOCCC(C)C. The normalized spacial score (nSPS) is 10.1. The van der Waals surface area contributed by atoms with Gasteiger partial charge in [-0.2, -0.15) is 0 Å². The third-order valence-corrected chi connectivity index (χ3v) is 1.74. The molecule has 0 rings (SSSR count). The summed E-state index contributed by atoms with van der Waals surface area (Å²) < 4.78 is 9.47. The second-order valence-corrected chi connectivity index (χ2v) is 3.54. The fraction of sp³-hybridized carbons (Fsp3) is 0.800. The number of hydrogen-bond acceptors (Lipinski definition) is 4. The molecule has 0 saturated heterocycles. The van der Waals surface area contributed by atoms with Crippen molar-refractivity contribution in [2.75, 3.05) is 26.9 Å². The Balaban J connectivity index is 3.31. The van der Waals surface area contributed by atoms with E-state index < -0.39 is 11.9 Å². The Morgan fingerprint density at radius 2 is 1.93 bits per heavy atom. The molecule has 0 aromatic rings. The molecule has 0 aliphatic carbocycles. The molecule has 1 amide bonds. The lowest BCUT2D eigenvalue weighted by molar-refractivity contribution is -0.152. The van der Waals surface area contributed by atoms with Crippen LogP contribution in [0.3, 0.4) is 0 Å². The molecule has 1 N–H and O–H groups in total. The van der Waals surface area contributed by atoms with Crippen LogP contribution in [0.25, 0.3) is 0 Å². The zero-order valence-corrected chi connectivity index (χ0v) is 9.54. The molecule has 0 saturated carbocycles. The molecule has 0 aliphatic rings. The lowest BCUT2D eigenvalue weighted by Gasteiger charge is -2.06.